The zero-order valence-electron chi connectivity index (χ0n) is 12.0. The topological polar surface area (TPSA) is 77.1 Å². The van der Waals surface area contributed by atoms with Crippen molar-refractivity contribution in [3.63, 3.8) is 0 Å². The van der Waals surface area contributed by atoms with Crippen LogP contribution in [-0.4, -0.2) is 21.9 Å². The summed E-state index contributed by atoms with van der Waals surface area (Å²) < 4.78 is 1.82. The van der Waals surface area contributed by atoms with Crippen LogP contribution in [0.15, 0.2) is 24.5 Å². The highest BCUT2D eigenvalue weighted by Gasteiger charge is 2.39. The van der Waals surface area contributed by atoms with Crippen LogP contribution < -0.4 is 11.1 Å². The number of rotatable bonds is 4. The third-order valence-electron chi connectivity index (χ3n) is 4.25. The molecule has 3 N–H and O–H groups in total. The van der Waals surface area contributed by atoms with Crippen molar-refractivity contribution in [2.24, 2.45) is 5.73 Å². The molecular formula is C15H23N3O2. The number of carbonyl (C=O) groups is 2. The first-order valence-corrected chi connectivity index (χ1v) is 7.29. The number of carbonyl (C=O) groups excluding carboxylic acids is 2. The standard InChI is InChI=1S/C15H23N3O2/c1-12(18-10-6-7-11-18)13(19)17-15(14(16)20)8-4-2-3-5-9-15/h6-7,10-12H,2-5,8-9H2,1H3,(H2,16,20)(H,17,19)/t12-/m0/s1. The Labute approximate surface area is 119 Å². The average molecular weight is 277 g/mol. The van der Waals surface area contributed by atoms with E-state index in [0.29, 0.717) is 12.8 Å². The van der Waals surface area contributed by atoms with Gasteiger partial charge in [-0.3, -0.25) is 9.59 Å². The zero-order valence-corrected chi connectivity index (χ0v) is 12.0. The minimum atomic E-state index is -0.866. The van der Waals surface area contributed by atoms with Gasteiger partial charge in [-0.1, -0.05) is 25.7 Å². The molecule has 2 amide bonds. The zero-order chi connectivity index (χ0) is 14.6. The number of hydrogen-bond acceptors (Lipinski definition) is 2. The number of nitrogens with one attached hydrogen (secondary N) is 1. The third-order valence-corrected chi connectivity index (χ3v) is 4.25. The van der Waals surface area contributed by atoms with Crippen LogP contribution in [0.5, 0.6) is 0 Å². The number of hydrogen-bond donors (Lipinski definition) is 2. The first kappa shape index (κ1) is 14.6. The van der Waals surface area contributed by atoms with Crippen LogP contribution in [0.4, 0.5) is 0 Å². The van der Waals surface area contributed by atoms with Crippen molar-refractivity contribution in [2.75, 3.05) is 0 Å². The summed E-state index contributed by atoms with van der Waals surface area (Å²) in [6.45, 7) is 1.82. The first-order chi connectivity index (χ1) is 9.55. The van der Waals surface area contributed by atoms with Crippen LogP contribution in [0.25, 0.3) is 0 Å². The fourth-order valence-electron chi connectivity index (χ4n) is 2.85. The molecule has 2 rings (SSSR count). The predicted molar refractivity (Wildman–Crippen MR) is 76.9 cm³/mol. The number of nitrogens with two attached hydrogens (primary N) is 1. The molecule has 0 aliphatic heterocycles. The Morgan fingerprint density at radius 2 is 1.70 bits per heavy atom. The van der Waals surface area contributed by atoms with Gasteiger partial charge in [0.15, 0.2) is 0 Å². The number of primary amides is 1. The molecule has 0 saturated heterocycles. The van der Waals surface area contributed by atoms with E-state index < -0.39 is 11.4 Å². The molecule has 110 valence electrons. The summed E-state index contributed by atoms with van der Waals surface area (Å²) in [5.41, 5.74) is 4.71. The Bertz CT molecular complexity index is 459. The molecule has 1 aliphatic carbocycles. The van der Waals surface area contributed by atoms with Crippen LogP contribution in [0.3, 0.4) is 0 Å². The molecule has 0 bridgehead atoms. The molecule has 1 aliphatic rings. The molecule has 1 atom stereocenters. The van der Waals surface area contributed by atoms with Gasteiger partial charge in [0.05, 0.1) is 0 Å². The Hall–Kier alpha value is -1.78. The highest BCUT2D eigenvalue weighted by Crippen LogP contribution is 2.27. The maximum absolute atomic E-state index is 12.4. The monoisotopic (exact) mass is 277 g/mol. The Balaban J connectivity index is 2.11. The molecule has 0 spiro atoms. The van der Waals surface area contributed by atoms with E-state index in [9.17, 15) is 9.59 Å². The van der Waals surface area contributed by atoms with E-state index in [2.05, 4.69) is 5.32 Å². The van der Waals surface area contributed by atoms with Crippen LogP contribution in [-0.2, 0) is 9.59 Å². The van der Waals surface area contributed by atoms with E-state index in [1.165, 1.54) is 0 Å². The molecule has 1 aromatic rings. The maximum atomic E-state index is 12.4. The van der Waals surface area contributed by atoms with Crippen molar-refractivity contribution in [1.82, 2.24) is 9.88 Å². The lowest BCUT2D eigenvalue weighted by molar-refractivity contribution is -0.133. The van der Waals surface area contributed by atoms with E-state index in [1.807, 2.05) is 36.0 Å². The number of aromatic nitrogens is 1. The fourth-order valence-corrected chi connectivity index (χ4v) is 2.85. The van der Waals surface area contributed by atoms with E-state index in [-0.39, 0.29) is 11.9 Å². The lowest BCUT2D eigenvalue weighted by Gasteiger charge is -2.32. The highest BCUT2D eigenvalue weighted by atomic mass is 16.2. The summed E-state index contributed by atoms with van der Waals surface area (Å²) in [4.78, 5) is 24.3. The third kappa shape index (κ3) is 3.03. The molecule has 1 saturated carbocycles. The summed E-state index contributed by atoms with van der Waals surface area (Å²) in [6.07, 6.45) is 9.03. The molecule has 5 nitrogen and oxygen atoms in total. The smallest absolute Gasteiger partial charge is 0.243 e. The van der Waals surface area contributed by atoms with Gasteiger partial charge in [0, 0.05) is 12.4 Å². The van der Waals surface area contributed by atoms with Crippen molar-refractivity contribution >= 4 is 11.8 Å². The first-order valence-electron chi connectivity index (χ1n) is 7.29. The second-order valence-corrected chi connectivity index (χ2v) is 5.66. The normalized spacial score (nSPS) is 19.9. The molecule has 1 aromatic heterocycles. The molecule has 20 heavy (non-hydrogen) atoms. The van der Waals surface area contributed by atoms with Gasteiger partial charge in [0.25, 0.3) is 0 Å². The van der Waals surface area contributed by atoms with E-state index in [1.54, 1.807) is 0 Å². The molecule has 5 heteroatoms. The van der Waals surface area contributed by atoms with Crippen molar-refractivity contribution in [1.29, 1.82) is 0 Å². The minimum Gasteiger partial charge on any atom is -0.368 e. The van der Waals surface area contributed by atoms with Crippen molar-refractivity contribution in [3.8, 4) is 0 Å². The summed E-state index contributed by atoms with van der Waals surface area (Å²) in [5.74, 6) is -0.561. The van der Waals surface area contributed by atoms with Gasteiger partial charge < -0.3 is 15.6 Å². The maximum Gasteiger partial charge on any atom is 0.243 e. The lowest BCUT2D eigenvalue weighted by Crippen LogP contribution is -2.58. The second-order valence-electron chi connectivity index (χ2n) is 5.66. The SMILES string of the molecule is C[C@@H](C(=O)NC1(C(N)=O)CCCCCC1)n1cccc1. The summed E-state index contributed by atoms with van der Waals surface area (Å²) in [5, 5.41) is 2.93. The Morgan fingerprint density at radius 1 is 1.15 bits per heavy atom. The molecule has 0 unspecified atom stereocenters. The van der Waals surface area contributed by atoms with Gasteiger partial charge in [-0.25, -0.2) is 0 Å². The van der Waals surface area contributed by atoms with Gasteiger partial charge >= 0.3 is 0 Å². The van der Waals surface area contributed by atoms with E-state index >= 15 is 0 Å². The summed E-state index contributed by atoms with van der Waals surface area (Å²) >= 11 is 0. The Kier molecular flexibility index (Phi) is 4.47. The number of amides is 2. The van der Waals surface area contributed by atoms with E-state index in [4.69, 9.17) is 5.73 Å². The quantitative estimate of drug-likeness (QED) is 0.822. The van der Waals surface area contributed by atoms with E-state index in [0.717, 1.165) is 25.7 Å². The van der Waals surface area contributed by atoms with Gasteiger partial charge in [-0.05, 0) is 31.9 Å². The second kappa shape index (κ2) is 6.11. The van der Waals surface area contributed by atoms with Crippen LogP contribution in [0.1, 0.15) is 51.5 Å². The summed E-state index contributed by atoms with van der Waals surface area (Å²) in [7, 11) is 0. The van der Waals surface area contributed by atoms with Crippen molar-refractivity contribution in [3.05, 3.63) is 24.5 Å². The van der Waals surface area contributed by atoms with Crippen LogP contribution in [0, 0.1) is 0 Å². The van der Waals surface area contributed by atoms with Gasteiger partial charge in [-0.15, -0.1) is 0 Å². The molecule has 0 aromatic carbocycles. The highest BCUT2D eigenvalue weighted by molar-refractivity contribution is 5.91. The van der Waals surface area contributed by atoms with Crippen LogP contribution >= 0.6 is 0 Å². The van der Waals surface area contributed by atoms with Gasteiger partial charge in [-0.2, -0.15) is 0 Å². The van der Waals surface area contributed by atoms with Gasteiger partial charge in [0.2, 0.25) is 11.8 Å². The Morgan fingerprint density at radius 3 is 2.20 bits per heavy atom. The number of nitrogens with zero attached hydrogens (tertiary/aromatic N) is 1. The van der Waals surface area contributed by atoms with Gasteiger partial charge in [0.1, 0.15) is 11.6 Å². The summed E-state index contributed by atoms with van der Waals surface area (Å²) in [6, 6.07) is 3.41. The average Bonchev–Trinajstić information content (AvgIpc) is 2.85. The largest absolute Gasteiger partial charge is 0.368 e. The van der Waals surface area contributed by atoms with Crippen molar-refractivity contribution < 1.29 is 9.59 Å². The molecule has 0 radical (unpaired) electrons. The molecular weight excluding hydrogens is 254 g/mol. The van der Waals surface area contributed by atoms with Crippen LogP contribution in [0.2, 0.25) is 0 Å². The fraction of sp³-hybridized carbons (Fsp3) is 0.600. The molecule has 1 fully saturated rings. The molecule has 1 heterocycles. The predicted octanol–water partition coefficient (Wildman–Crippen LogP) is 1.74. The lowest BCUT2D eigenvalue weighted by atomic mass is 9.89. The minimum absolute atomic E-state index is 0.151. The van der Waals surface area contributed by atoms with Crippen molar-refractivity contribution in [2.45, 2.75) is 57.0 Å².